The molecule has 0 aliphatic carbocycles. The summed E-state index contributed by atoms with van der Waals surface area (Å²) in [4.78, 5) is 7.11. The van der Waals surface area contributed by atoms with E-state index in [0.29, 0.717) is 5.56 Å². The predicted octanol–water partition coefficient (Wildman–Crippen LogP) is 8.52. The second-order valence-electron chi connectivity index (χ2n) is 10.7. The number of nitrogens with one attached hydrogen (secondary N) is 1. The Bertz CT molecular complexity index is 1210. The largest absolute Gasteiger partial charge is 0.379 e. The lowest BCUT2D eigenvalue weighted by molar-refractivity contribution is 0.120. The van der Waals surface area contributed by atoms with Crippen LogP contribution in [0.5, 0.6) is 0 Å². The van der Waals surface area contributed by atoms with Crippen molar-refractivity contribution in [3.63, 3.8) is 0 Å². The zero-order chi connectivity index (χ0) is 29.0. The fourth-order valence-electron chi connectivity index (χ4n) is 4.72. The van der Waals surface area contributed by atoms with Crippen molar-refractivity contribution in [3.05, 3.63) is 107 Å². The summed E-state index contributed by atoms with van der Waals surface area (Å²) in [6, 6.07) is 12.4. The highest BCUT2D eigenvalue weighted by molar-refractivity contribution is 5.73. The summed E-state index contributed by atoms with van der Waals surface area (Å²) in [6.45, 7) is 21.6. The molecule has 0 saturated heterocycles. The lowest BCUT2D eigenvalue weighted by Crippen LogP contribution is -2.45. The molecule has 1 aromatic heterocycles. The number of aromatic nitrogens is 1. The molecule has 2 rings (SSSR count). The molecule has 0 radical (unpaired) electrons. The minimum Gasteiger partial charge on any atom is -0.379 e. The molecule has 4 nitrogen and oxygen atoms in total. The van der Waals surface area contributed by atoms with E-state index >= 15 is 0 Å². The molecule has 0 fully saturated rings. The van der Waals surface area contributed by atoms with Crippen molar-refractivity contribution < 1.29 is 4.39 Å². The summed E-state index contributed by atoms with van der Waals surface area (Å²) in [7, 11) is 0. The van der Waals surface area contributed by atoms with Crippen molar-refractivity contribution in [2.45, 2.75) is 79.3 Å². The average Bonchev–Trinajstić information content (AvgIpc) is 2.91. The first-order valence-electron chi connectivity index (χ1n) is 13.9. The maximum Gasteiger partial charge on any atom is 0.123 e. The Hall–Kier alpha value is -3.49. The maximum atomic E-state index is 13.4. The van der Waals surface area contributed by atoms with E-state index in [-0.39, 0.29) is 17.4 Å². The molecule has 1 atom stereocenters. The molecule has 0 saturated carbocycles. The first-order chi connectivity index (χ1) is 18.5. The minimum absolute atomic E-state index is 0.0103. The summed E-state index contributed by atoms with van der Waals surface area (Å²) in [6.07, 6.45) is 11.1. The zero-order valence-corrected chi connectivity index (χ0v) is 24.8. The second-order valence-corrected chi connectivity index (χ2v) is 10.7. The van der Waals surface area contributed by atoms with Crippen LogP contribution in [0.25, 0.3) is 5.57 Å². The molecule has 1 N–H and O–H groups in total. The van der Waals surface area contributed by atoms with Gasteiger partial charge in [0.2, 0.25) is 0 Å². The van der Waals surface area contributed by atoms with Gasteiger partial charge in [-0.25, -0.2) is 4.39 Å². The Morgan fingerprint density at radius 3 is 2.28 bits per heavy atom. The molecular weight excluding hydrogens is 483 g/mol. The van der Waals surface area contributed by atoms with Crippen molar-refractivity contribution in [2.75, 3.05) is 13.1 Å². The van der Waals surface area contributed by atoms with Crippen molar-refractivity contribution in [1.82, 2.24) is 15.2 Å². The summed E-state index contributed by atoms with van der Waals surface area (Å²) in [5.41, 5.74) is 6.36. The van der Waals surface area contributed by atoms with Gasteiger partial charge in [0.25, 0.3) is 0 Å². The third-order valence-corrected chi connectivity index (χ3v) is 6.96. The van der Waals surface area contributed by atoms with E-state index in [1.807, 2.05) is 19.9 Å². The molecule has 1 heterocycles. The summed E-state index contributed by atoms with van der Waals surface area (Å²) >= 11 is 0. The van der Waals surface area contributed by atoms with Crippen LogP contribution in [0.1, 0.15) is 90.6 Å². The third-order valence-electron chi connectivity index (χ3n) is 6.96. The lowest BCUT2D eigenvalue weighted by Gasteiger charge is -2.39. The van der Waals surface area contributed by atoms with Gasteiger partial charge in [-0.1, -0.05) is 44.7 Å². The molecule has 39 heavy (non-hydrogen) atoms. The Morgan fingerprint density at radius 1 is 1.13 bits per heavy atom. The van der Waals surface area contributed by atoms with Crippen molar-refractivity contribution in [3.8, 4) is 6.07 Å². The van der Waals surface area contributed by atoms with Crippen LogP contribution in [-0.4, -0.2) is 28.5 Å². The van der Waals surface area contributed by atoms with Gasteiger partial charge in [-0.2, -0.15) is 5.26 Å². The van der Waals surface area contributed by atoms with Crippen molar-refractivity contribution in [2.24, 2.45) is 0 Å². The molecule has 1 aromatic carbocycles. The van der Waals surface area contributed by atoms with E-state index in [0.717, 1.165) is 60.5 Å². The van der Waals surface area contributed by atoms with E-state index in [9.17, 15) is 9.65 Å². The van der Waals surface area contributed by atoms with Crippen LogP contribution in [0, 0.1) is 17.1 Å². The van der Waals surface area contributed by atoms with Gasteiger partial charge in [0.1, 0.15) is 11.9 Å². The summed E-state index contributed by atoms with van der Waals surface area (Å²) < 4.78 is 13.4. The van der Waals surface area contributed by atoms with Gasteiger partial charge in [0.15, 0.2) is 0 Å². The second kappa shape index (κ2) is 15.2. The highest BCUT2D eigenvalue weighted by Gasteiger charge is 2.26. The van der Waals surface area contributed by atoms with E-state index in [4.69, 9.17) is 0 Å². The molecule has 0 amide bonds. The number of hydrogen-bond donors (Lipinski definition) is 1. The van der Waals surface area contributed by atoms with Crippen LogP contribution in [0.15, 0.2) is 84.2 Å². The molecule has 0 bridgehead atoms. The SMILES string of the molecule is C=C(NC(C)c1ccc(F)cc1)/C(C)=C/C(=C/C(=C\C)c1ccc(C#N)cn1)CC(C)(C)N(CCC)CCC. The number of benzene rings is 1. The van der Waals surface area contributed by atoms with Gasteiger partial charge in [0.05, 0.1) is 11.3 Å². The molecule has 2 aromatic rings. The Balaban J connectivity index is 2.43. The fraction of sp³-hybridized carbons (Fsp3) is 0.412. The Kier molecular flexibility index (Phi) is 12.4. The first-order valence-corrected chi connectivity index (χ1v) is 13.9. The fourth-order valence-corrected chi connectivity index (χ4v) is 4.72. The lowest BCUT2D eigenvalue weighted by atomic mass is 9.89. The first kappa shape index (κ1) is 31.7. The van der Waals surface area contributed by atoms with Gasteiger partial charge in [0, 0.05) is 23.5 Å². The minimum atomic E-state index is -0.241. The number of rotatable bonds is 14. The number of halogens is 1. The Labute approximate surface area is 235 Å². The van der Waals surface area contributed by atoms with Crippen LogP contribution in [0.3, 0.4) is 0 Å². The van der Waals surface area contributed by atoms with Gasteiger partial charge in [-0.3, -0.25) is 9.88 Å². The third kappa shape index (κ3) is 9.64. The summed E-state index contributed by atoms with van der Waals surface area (Å²) in [5.74, 6) is -0.241. The number of nitriles is 1. The standard InChI is InChI=1S/C34H45FN4/c1-9-18-39(19-10-2)34(7,8)22-29(21-30(11-3)33-17-12-28(23-36)24-37-33)20-25(4)26(5)38-27(6)31-13-15-32(35)16-14-31/h11-17,20-21,24,27,38H,5,9-10,18-19,22H2,1-4,6-8H3/b25-20+,29-21-,30-11+. The van der Waals surface area contributed by atoms with Crippen molar-refractivity contribution >= 4 is 5.57 Å². The average molecular weight is 529 g/mol. The van der Waals surface area contributed by atoms with Gasteiger partial charge in [-0.05, 0) is 120 Å². The van der Waals surface area contributed by atoms with E-state index in [2.05, 4.69) is 80.7 Å². The highest BCUT2D eigenvalue weighted by atomic mass is 19.1. The zero-order valence-electron chi connectivity index (χ0n) is 24.8. The van der Waals surface area contributed by atoms with Gasteiger partial charge < -0.3 is 5.32 Å². The van der Waals surface area contributed by atoms with E-state index in [1.165, 1.54) is 17.7 Å². The van der Waals surface area contributed by atoms with Gasteiger partial charge in [-0.15, -0.1) is 0 Å². The van der Waals surface area contributed by atoms with Crippen molar-refractivity contribution in [1.29, 1.82) is 5.26 Å². The molecule has 0 aliphatic heterocycles. The van der Waals surface area contributed by atoms with E-state index in [1.54, 1.807) is 24.4 Å². The van der Waals surface area contributed by atoms with Gasteiger partial charge >= 0.3 is 0 Å². The molecule has 0 spiro atoms. The molecule has 0 aliphatic rings. The Morgan fingerprint density at radius 2 is 1.77 bits per heavy atom. The monoisotopic (exact) mass is 528 g/mol. The van der Waals surface area contributed by atoms with Crippen LogP contribution in [-0.2, 0) is 0 Å². The predicted molar refractivity (Wildman–Crippen MR) is 162 cm³/mol. The number of allylic oxidation sites excluding steroid dienone is 5. The van der Waals surface area contributed by atoms with Crippen LogP contribution >= 0.6 is 0 Å². The van der Waals surface area contributed by atoms with Crippen LogP contribution in [0.2, 0.25) is 0 Å². The van der Waals surface area contributed by atoms with E-state index < -0.39 is 0 Å². The number of nitrogens with zero attached hydrogens (tertiary/aromatic N) is 3. The summed E-state index contributed by atoms with van der Waals surface area (Å²) in [5, 5.41) is 12.7. The molecular formula is C34H45FN4. The maximum absolute atomic E-state index is 13.4. The molecule has 1 unspecified atom stereocenters. The number of pyridine rings is 1. The quantitative estimate of drug-likeness (QED) is 0.250. The highest BCUT2D eigenvalue weighted by Crippen LogP contribution is 2.29. The molecule has 5 heteroatoms. The normalized spacial score (nSPS) is 13.8. The smallest absolute Gasteiger partial charge is 0.123 e. The number of hydrogen-bond acceptors (Lipinski definition) is 4. The topological polar surface area (TPSA) is 52.0 Å². The molecule has 208 valence electrons. The van der Waals surface area contributed by atoms with Crippen LogP contribution < -0.4 is 5.32 Å². The van der Waals surface area contributed by atoms with Crippen LogP contribution in [0.4, 0.5) is 4.39 Å².